The molecule has 2 heterocycles. The van der Waals surface area contributed by atoms with Crippen molar-refractivity contribution in [3.05, 3.63) is 18.1 Å². The van der Waals surface area contributed by atoms with Crippen LogP contribution in [0.1, 0.15) is 13.3 Å². The van der Waals surface area contributed by atoms with Gasteiger partial charge < -0.3 is 10.1 Å². The van der Waals surface area contributed by atoms with Gasteiger partial charge in [-0.05, 0) is 6.92 Å². The maximum Gasteiger partial charge on any atom is 0.335 e. The molecule has 1 atom stereocenters. The van der Waals surface area contributed by atoms with E-state index in [9.17, 15) is 4.79 Å². The zero-order chi connectivity index (χ0) is 9.97. The van der Waals surface area contributed by atoms with E-state index in [1.807, 2.05) is 6.92 Å². The van der Waals surface area contributed by atoms with Crippen molar-refractivity contribution in [2.45, 2.75) is 19.4 Å². The highest BCUT2D eigenvalue weighted by atomic mass is 16.5. The molecule has 0 unspecified atom stereocenters. The van der Waals surface area contributed by atoms with Gasteiger partial charge in [-0.3, -0.25) is 0 Å². The van der Waals surface area contributed by atoms with E-state index < -0.39 is 0 Å². The molecule has 1 saturated heterocycles. The van der Waals surface area contributed by atoms with Crippen LogP contribution in [0.25, 0.3) is 0 Å². The number of anilines is 1. The molecule has 0 bridgehead atoms. The fourth-order valence-corrected chi connectivity index (χ4v) is 1.24. The first-order chi connectivity index (χ1) is 6.75. The third-order valence-corrected chi connectivity index (χ3v) is 1.88. The summed E-state index contributed by atoms with van der Waals surface area (Å²) in [6.07, 6.45) is 3.56. The molecule has 14 heavy (non-hydrogen) atoms. The second kappa shape index (κ2) is 3.49. The number of aromatic nitrogens is 3. The molecule has 2 N–H and O–H groups in total. The van der Waals surface area contributed by atoms with E-state index in [4.69, 9.17) is 4.74 Å². The number of H-pyrrole nitrogens is 1. The van der Waals surface area contributed by atoms with Gasteiger partial charge in [-0.25, -0.2) is 9.89 Å². The summed E-state index contributed by atoms with van der Waals surface area (Å²) in [6, 6.07) is 0. The Hall–Kier alpha value is -1.85. The highest BCUT2D eigenvalue weighted by molar-refractivity contribution is 5.90. The Morgan fingerprint density at radius 2 is 2.64 bits per heavy atom. The summed E-state index contributed by atoms with van der Waals surface area (Å²) >= 11 is 0. The van der Waals surface area contributed by atoms with E-state index >= 15 is 0 Å². The topological polar surface area (TPSA) is 79.9 Å². The van der Waals surface area contributed by atoms with Crippen LogP contribution in [0.15, 0.2) is 18.1 Å². The SMILES string of the molecule is C[C@H]1C/C(=C\Nc2ncn[nH]2)C(=O)O1. The molecule has 6 heteroatoms. The normalized spacial score (nSPS) is 23.9. The molecule has 1 fully saturated rings. The number of esters is 1. The van der Waals surface area contributed by atoms with Crippen LogP contribution >= 0.6 is 0 Å². The molecular weight excluding hydrogens is 184 g/mol. The van der Waals surface area contributed by atoms with E-state index in [1.54, 1.807) is 6.20 Å². The van der Waals surface area contributed by atoms with Gasteiger partial charge in [0.1, 0.15) is 12.4 Å². The van der Waals surface area contributed by atoms with Crippen molar-refractivity contribution in [1.29, 1.82) is 0 Å². The maximum atomic E-state index is 11.2. The first-order valence-corrected chi connectivity index (χ1v) is 4.27. The number of nitrogens with one attached hydrogen (secondary N) is 2. The number of hydrogen-bond acceptors (Lipinski definition) is 5. The molecule has 0 spiro atoms. The van der Waals surface area contributed by atoms with Crippen LogP contribution in [0.5, 0.6) is 0 Å². The van der Waals surface area contributed by atoms with E-state index in [1.165, 1.54) is 6.33 Å². The predicted octanol–water partition coefficient (Wildman–Crippen LogP) is 0.436. The molecule has 6 nitrogen and oxygen atoms in total. The standard InChI is InChI=1S/C8H10N4O2/c1-5-2-6(7(13)14-5)3-9-8-10-4-11-12-8/h3-5H,2H2,1H3,(H2,9,10,11,12)/b6-3+/t5-/m0/s1. The minimum absolute atomic E-state index is 0.0368. The van der Waals surface area contributed by atoms with Crippen LogP contribution in [0.2, 0.25) is 0 Å². The van der Waals surface area contributed by atoms with Crippen molar-refractivity contribution >= 4 is 11.9 Å². The molecular formula is C8H10N4O2. The number of ether oxygens (including phenoxy) is 1. The second-order valence-corrected chi connectivity index (χ2v) is 3.07. The summed E-state index contributed by atoms with van der Waals surface area (Å²) in [5, 5.41) is 9.10. The summed E-state index contributed by atoms with van der Waals surface area (Å²) in [5.74, 6) is 0.231. The number of carbonyl (C=O) groups excluding carboxylic acids is 1. The van der Waals surface area contributed by atoms with Crippen molar-refractivity contribution < 1.29 is 9.53 Å². The van der Waals surface area contributed by atoms with Crippen molar-refractivity contribution in [2.24, 2.45) is 0 Å². The van der Waals surface area contributed by atoms with Gasteiger partial charge >= 0.3 is 5.97 Å². The lowest BCUT2D eigenvalue weighted by atomic mass is 10.2. The largest absolute Gasteiger partial charge is 0.459 e. The van der Waals surface area contributed by atoms with Gasteiger partial charge in [-0.15, -0.1) is 0 Å². The van der Waals surface area contributed by atoms with Crippen LogP contribution in [0.4, 0.5) is 5.95 Å². The predicted molar refractivity (Wildman–Crippen MR) is 48.3 cm³/mol. The molecule has 0 aromatic carbocycles. The second-order valence-electron chi connectivity index (χ2n) is 3.07. The fourth-order valence-electron chi connectivity index (χ4n) is 1.24. The van der Waals surface area contributed by atoms with Crippen LogP contribution < -0.4 is 5.32 Å². The Morgan fingerprint density at radius 3 is 3.21 bits per heavy atom. The lowest BCUT2D eigenvalue weighted by Gasteiger charge is -1.94. The van der Waals surface area contributed by atoms with Crippen molar-refractivity contribution in [1.82, 2.24) is 15.2 Å². The molecule has 2 rings (SSSR count). The van der Waals surface area contributed by atoms with E-state index in [-0.39, 0.29) is 12.1 Å². The number of cyclic esters (lactones) is 1. The first-order valence-electron chi connectivity index (χ1n) is 4.27. The summed E-state index contributed by atoms with van der Waals surface area (Å²) in [4.78, 5) is 15.0. The van der Waals surface area contributed by atoms with Gasteiger partial charge in [-0.2, -0.15) is 10.1 Å². The molecule has 74 valence electrons. The third-order valence-electron chi connectivity index (χ3n) is 1.88. The molecule has 0 aliphatic carbocycles. The first kappa shape index (κ1) is 8.74. The Kier molecular flexibility index (Phi) is 2.18. The van der Waals surface area contributed by atoms with Gasteiger partial charge in [0.25, 0.3) is 0 Å². The number of rotatable bonds is 2. The van der Waals surface area contributed by atoms with Crippen LogP contribution in [0, 0.1) is 0 Å². The summed E-state index contributed by atoms with van der Waals surface area (Å²) < 4.78 is 4.95. The summed E-state index contributed by atoms with van der Waals surface area (Å²) in [5.41, 5.74) is 0.619. The minimum Gasteiger partial charge on any atom is -0.459 e. The maximum absolute atomic E-state index is 11.2. The fraction of sp³-hybridized carbons (Fsp3) is 0.375. The highest BCUT2D eigenvalue weighted by Crippen LogP contribution is 2.19. The summed E-state index contributed by atoms with van der Waals surface area (Å²) in [7, 11) is 0. The van der Waals surface area contributed by atoms with Gasteiger partial charge in [0.15, 0.2) is 0 Å². The Morgan fingerprint density at radius 1 is 1.79 bits per heavy atom. The van der Waals surface area contributed by atoms with Crippen molar-refractivity contribution in [3.8, 4) is 0 Å². The van der Waals surface area contributed by atoms with Gasteiger partial charge in [0.2, 0.25) is 5.95 Å². The number of carbonyl (C=O) groups is 1. The third kappa shape index (κ3) is 1.73. The molecule has 1 aliphatic heterocycles. The smallest absolute Gasteiger partial charge is 0.335 e. The minimum atomic E-state index is -0.274. The summed E-state index contributed by atoms with van der Waals surface area (Å²) in [6.45, 7) is 1.85. The Balaban J connectivity index is 2.02. The number of nitrogens with zero attached hydrogens (tertiary/aromatic N) is 2. The molecule has 0 saturated carbocycles. The highest BCUT2D eigenvalue weighted by Gasteiger charge is 2.25. The quantitative estimate of drug-likeness (QED) is 0.527. The Labute approximate surface area is 80.4 Å². The van der Waals surface area contributed by atoms with Crippen molar-refractivity contribution in [2.75, 3.05) is 5.32 Å². The van der Waals surface area contributed by atoms with Crippen LogP contribution in [-0.2, 0) is 9.53 Å². The molecule has 0 amide bonds. The average Bonchev–Trinajstić information content (AvgIpc) is 2.72. The molecule has 1 aromatic heterocycles. The lowest BCUT2D eigenvalue weighted by Crippen LogP contribution is -2.00. The van der Waals surface area contributed by atoms with Crippen molar-refractivity contribution in [3.63, 3.8) is 0 Å². The van der Waals surface area contributed by atoms with Gasteiger partial charge in [-0.1, -0.05) is 0 Å². The number of aromatic amines is 1. The van der Waals surface area contributed by atoms with Crippen LogP contribution in [0.3, 0.4) is 0 Å². The van der Waals surface area contributed by atoms with Crippen LogP contribution in [-0.4, -0.2) is 27.3 Å². The Bertz CT molecular complexity index is 357. The van der Waals surface area contributed by atoms with Gasteiger partial charge in [0.05, 0.1) is 5.57 Å². The van der Waals surface area contributed by atoms with E-state index in [0.29, 0.717) is 17.9 Å². The molecule has 0 radical (unpaired) electrons. The average molecular weight is 194 g/mol. The van der Waals surface area contributed by atoms with E-state index in [0.717, 1.165) is 0 Å². The monoisotopic (exact) mass is 194 g/mol. The van der Waals surface area contributed by atoms with E-state index in [2.05, 4.69) is 20.5 Å². The zero-order valence-corrected chi connectivity index (χ0v) is 7.65. The number of hydrogen-bond donors (Lipinski definition) is 2. The van der Waals surface area contributed by atoms with Gasteiger partial charge in [0, 0.05) is 12.6 Å². The lowest BCUT2D eigenvalue weighted by molar-refractivity contribution is -0.138. The zero-order valence-electron chi connectivity index (χ0n) is 7.65. The molecule has 1 aliphatic rings. The molecule has 1 aromatic rings.